The molecule has 4 heteroatoms. The summed E-state index contributed by atoms with van der Waals surface area (Å²) in [7, 11) is 3.73. The molecule has 0 bridgehead atoms. The van der Waals surface area contributed by atoms with Gasteiger partial charge in [0.15, 0.2) is 12.4 Å². The van der Waals surface area contributed by atoms with Gasteiger partial charge in [-0.05, 0) is 45.8 Å². The number of ketones is 2. The van der Waals surface area contributed by atoms with Crippen molar-refractivity contribution in [3.8, 4) is 0 Å². The molecule has 0 atom stereocenters. The third-order valence-electron chi connectivity index (χ3n) is 5.94. The molecule has 0 saturated heterocycles. The van der Waals surface area contributed by atoms with Crippen molar-refractivity contribution in [3.63, 3.8) is 0 Å². The number of aryl methyl sites for hydroxylation is 2. The second-order valence-corrected chi connectivity index (χ2v) is 7.99. The van der Waals surface area contributed by atoms with Crippen LogP contribution in [0.15, 0.2) is 97.3 Å². The van der Waals surface area contributed by atoms with E-state index in [9.17, 15) is 9.59 Å². The highest BCUT2D eigenvalue weighted by Gasteiger charge is 2.20. The maximum Gasteiger partial charge on any atom is 0.256 e. The predicted molar refractivity (Wildman–Crippen MR) is 124 cm³/mol. The van der Waals surface area contributed by atoms with Crippen LogP contribution in [0.3, 0.4) is 0 Å². The van der Waals surface area contributed by atoms with Crippen molar-refractivity contribution >= 4 is 33.1 Å². The van der Waals surface area contributed by atoms with Crippen LogP contribution in [-0.2, 0) is 14.1 Å². The summed E-state index contributed by atoms with van der Waals surface area (Å²) in [4.78, 5) is 26.3. The van der Waals surface area contributed by atoms with Crippen LogP contribution < -0.4 is 9.13 Å². The van der Waals surface area contributed by atoms with Crippen molar-refractivity contribution in [1.82, 2.24) is 0 Å². The second-order valence-electron chi connectivity index (χ2n) is 7.99. The number of fused-ring (bicyclic) bond motifs is 3. The van der Waals surface area contributed by atoms with E-state index >= 15 is 0 Å². The highest BCUT2D eigenvalue weighted by molar-refractivity contribution is 6.15. The Kier molecular flexibility index (Phi) is 4.83. The summed E-state index contributed by atoms with van der Waals surface area (Å²) in [5.74, 6) is -0.0638. The third-order valence-corrected chi connectivity index (χ3v) is 5.94. The van der Waals surface area contributed by atoms with E-state index in [0.29, 0.717) is 22.5 Å². The van der Waals surface area contributed by atoms with E-state index in [-0.39, 0.29) is 11.6 Å². The van der Waals surface area contributed by atoms with Gasteiger partial charge in [0.2, 0.25) is 0 Å². The van der Waals surface area contributed by atoms with Crippen LogP contribution in [0.1, 0.15) is 32.1 Å². The Labute approximate surface area is 186 Å². The molecule has 0 unspecified atom stereocenters. The number of carbonyl (C=O) groups is 2. The van der Waals surface area contributed by atoms with Gasteiger partial charge in [-0.3, -0.25) is 9.59 Å². The van der Waals surface area contributed by atoms with Crippen LogP contribution in [0.2, 0.25) is 0 Å². The van der Waals surface area contributed by atoms with E-state index in [2.05, 4.69) is 0 Å². The zero-order valence-electron chi connectivity index (χ0n) is 17.9. The topological polar surface area (TPSA) is 41.9 Å². The van der Waals surface area contributed by atoms with Crippen LogP contribution in [0.4, 0.5) is 0 Å². The van der Waals surface area contributed by atoms with E-state index < -0.39 is 0 Å². The predicted octanol–water partition coefficient (Wildman–Crippen LogP) is 4.10. The number of carbonyl (C=O) groups excluding carboxylic acids is 2. The van der Waals surface area contributed by atoms with Crippen molar-refractivity contribution in [1.29, 1.82) is 0 Å². The van der Waals surface area contributed by atoms with Crippen molar-refractivity contribution < 1.29 is 18.7 Å². The number of nitrogens with zero attached hydrogens (tertiary/aromatic N) is 2. The van der Waals surface area contributed by atoms with Crippen LogP contribution in [0.25, 0.3) is 21.5 Å². The number of hydrogen-bond donors (Lipinski definition) is 0. The lowest BCUT2D eigenvalue weighted by Gasteiger charge is -2.08. The lowest BCUT2D eigenvalue weighted by Crippen LogP contribution is -2.35. The van der Waals surface area contributed by atoms with Gasteiger partial charge < -0.3 is 0 Å². The lowest BCUT2D eigenvalue weighted by atomic mass is 9.95. The molecular weight excluding hydrogens is 396 g/mol. The Balaban J connectivity index is 1.66. The zero-order chi connectivity index (χ0) is 22.2. The molecule has 3 aromatic carbocycles. The van der Waals surface area contributed by atoms with Gasteiger partial charge in [-0.15, -0.1) is 0 Å². The van der Waals surface area contributed by atoms with Crippen molar-refractivity contribution in [3.05, 3.63) is 120 Å². The summed E-state index contributed by atoms with van der Waals surface area (Å²) in [6, 6.07) is 26.8. The highest BCUT2D eigenvalue weighted by Crippen LogP contribution is 2.28. The van der Waals surface area contributed by atoms with Gasteiger partial charge >= 0.3 is 0 Å². The van der Waals surface area contributed by atoms with Crippen molar-refractivity contribution in [2.24, 2.45) is 14.1 Å². The summed E-state index contributed by atoms with van der Waals surface area (Å²) in [6.07, 6.45) is 3.73. The van der Waals surface area contributed by atoms with Gasteiger partial charge in [-0.25, -0.2) is 0 Å². The molecule has 5 aromatic rings. The van der Waals surface area contributed by atoms with Gasteiger partial charge in [-0.2, -0.15) is 9.13 Å². The number of rotatable bonds is 4. The molecule has 0 spiro atoms. The third kappa shape index (κ3) is 3.36. The Bertz CT molecular complexity index is 1420. The molecule has 32 heavy (non-hydrogen) atoms. The number of benzene rings is 3. The van der Waals surface area contributed by atoms with Crippen LogP contribution in [0.5, 0.6) is 0 Å². The minimum atomic E-state index is -0.0319. The van der Waals surface area contributed by atoms with Crippen LogP contribution >= 0.6 is 0 Å². The molecule has 2 heterocycles. The van der Waals surface area contributed by atoms with E-state index in [1.807, 2.05) is 121 Å². The first kappa shape index (κ1) is 19.8. The largest absolute Gasteiger partial charge is 0.282 e. The van der Waals surface area contributed by atoms with E-state index in [1.54, 1.807) is 0 Å². The van der Waals surface area contributed by atoms with E-state index in [0.717, 1.165) is 21.5 Å². The first-order chi connectivity index (χ1) is 15.5. The molecule has 0 aliphatic carbocycles. The van der Waals surface area contributed by atoms with Gasteiger partial charge in [0, 0.05) is 35.4 Å². The van der Waals surface area contributed by atoms with Gasteiger partial charge in [0.1, 0.15) is 14.1 Å². The van der Waals surface area contributed by atoms with Gasteiger partial charge in [0.05, 0.1) is 0 Å². The monoisotopic (exact) mass is 418 g/mol. The Morgan fingerprint density at radius 1 is 0.562 bits per heavy atom. The first-order valence-corrected chi connectivity index (χ1v) is 10.5. The molecule has 0 saturated carbocycles. The maximum absolute atomic E-state index is 13.2. The normalized spacial score (nSPS) is 11.1. The molecular formula is C28H22N2O2+2. The molecule has 0 amide bonds. The van der Waals surface area contributed by atoms with Crippen molar-refractivity contribution in [2.45, 2.75) is 0 Å². The van der Waals surface area contributed by atoms with Crippen molar-refractivity contribution in [2.75, 3.05) is 0 Å². The fourth-order valence-corrected chi connectivity index (χ4v) is 4.15. The summed E-state index contributed by atoms with van der Waals surface area (Å²) >= 11 is 0. The number of aromatic nitrogens is 2. The minimum Gasteiger partial charge on any atom is -0.282 e. The first-order valence-electron chi connectivity index (χ1n) is 10.5. The highest BCUT2D eigenvalue weighted by atomic mass is 16.1. The SMILES string of the molecule is C[n+]1ccccc1C(=O)c1ccc2ccc3ccc(C(=O)c4cccc[n+]4C)cc3c2c1. The van der Waals surface area contributed by atoms with Gasteiger partial charge in [0.25, 0.3) is 23.0 Å². The molecule has 4 nitrogen and oxygen atoms in total. The quantitative estimate of drug-likeness (QED) is 0.250. The summed E-state index contributed by atoms with van der Waals surface area (Å²) in [5.41, 5.74) is 2.50. The van der Waals surface area contributed by atoms with Crippen LogP contribution in [0, 0.1) is 0 Å². The minimum absolute atomic E-state index is 0.0319. The summed E-state index contributed by atoms with van der Waals surface area (Å²) < 4.78 is 3.65. The molecule has 5 rings (SSSR count). The maximum atomic E-state index is 13.2. The molecule has 2 aromatic heterocycles. The lowest BCUT2D eigenvalue weighted by molar-refractivity contribution is -0.673. The second kappa shape index (κ2) is 7.82. The molecule has 0 N–H and O–H groups in total. The fraction of sp³-hybridized carbons (Fsp3) is 0.0714. The molecule has 0 aliphatic rings. The van der Waals surface area contributed by atoms with Crippen LogP contribution in [-0.4, -0.2) is 11.6 Å². The zero-order valence-corrected chi connectivity index (χ0v) is 17.9. The average molecular weight is 418 g/mol. The summed E-state index contributed by atoms with van der Waals surface area (Å²) in [5, 5.41) is 3.97. The fourth-order valence-electron chi connectivity index (χ4n) is 4.15. The smallest absolute Gasteiger partial charge is 0.256 e. The Hall–Kier alpha value is -4.18. The number of pyridine rings is 2. The van der Waals surface area contributed by atoms with E-state index in [1.165, 1.54) is 0 Å². The van der Waals surface area contributed by atoms with E-state index in [4.69, 9.17) is 0 Å². The number of hydrogen-bond acceptors (Lipinski definition) is 2. The summed E-state index contributed by atoms with van der Waals surface area (Å²) in [6.45, 7) is 0. The Morgan fingerprint density at radius 2 is 0.969 bits per heavy atom. The molecule has 154 valence electrons. The van der Waals surface area contributed by atoms with Gasteiger partial charge in [-0.1, -0.05) is 36.4 Å². The molecule has 0 radical (unpaired) electrons. The molecule has 0 aliphatic heterocycles. The Morgan fingerprint density at radius 3 is 1.38 bits per heavy atom. The molecule has 0 fully saturated rings. The average Bonchev–Trinajstić information content (AvgIpc) is 2.83. The standard InChI is InChI=1S/C28H22N2O2/c1-29-15-5-3-7-25(29)27(31)21-13-11-19-9-10-20-12-14-22(18-24(20)23(19)17-21)28(32)26-8-4-6-16-30(26)2/h3-18H,1-2H3/q+2.